The zero-order chi connectivity index (χ0) is 41.6. The predicted molar refractivity (Wildman–Crippen MR) is 242 cm³/mol. The van der Waals surface area contributed by atoms with Gasteiger partial charge in [-0.1, -0.05) is 108 Å². The van der Waals surface area contributed by atoms with E-state index in [0.29, 0.717) is 22.5 Å². The molecule has 3 heterocycles. The summed E-state index contributed by atoms with van der Waals surface area (Å²) in [5.41, 5.74) is 11.4. The third-order valence-corrected chi connectivity index (χ3v) is 10.0. The first-order valence-corrected chi connectivity index (χ1v) is 19.8. The molecule has 8 rings (SSSR count). The number of para-hydroxylation sites is 4. The van der Waals surface area contributed by atoms with E-state index < -0.39 is 0 Å². The van der Waals surface area contributed by atoms with Gasteiger partial charge in [0.15, 0.2) is 0 Å². The van der Waals surface area contributed by atoms with Crippen LogP contribution in [0.15, 0.2) is 176 Å². The van der Waals surface area contributed by atoms with Gasteiger partial charge in [-0.15, -0.1) is 35.9 Å². The van der Waals surface area contributed by atoms with Crippen molar-refractivity contribution >= 4 is 17.1 Å². The molecule has 0 saturated carbocycles. The Morgan fingerprint density at radius 1 is 0.459 bits per heavy atom. The van der Waals surface area contributed by atoms with Gasteiger partial charge in [0.1, 0.15) is 11.5 Å². The van der Waals surface area contributed by atoms with Crippen molar-refractivity contribution in [1.29, 1.82) is 0 Å². The van der Waals surface area contributed by atoms with Crippen molar-refractivity contribution in [3.8, 4) is 56.7 Å². The molecule has 0 unspecified atom stereocenters. The Kier molecular flexibility index (Phi) is 15.4. The number of pyridine rings is 3. The zero-order valence-electron chi connectivity index (χ0n) is 35.1. The molecule has 2 N–H and O–H groups in total. The molecule has 0 aliphatic rings. The van der Waals surface area contributed by atoms with Gasteiger partial charge in [0.05, 0.1) is 22.8 Å². The average molecular weight is 1160 g/mol. The fourth-order valence-corrected chi connectivity index (χ4v) is 6.71. The van der Waals surface area contributed by atoms with Gasteiger partial charge in [0, 0.05) is 75.6 Å². The summed E-state index contributed by atoms with van der Waals surface area (Å²) in [4.78, 5) is 16.6. The molecule has 0 saturated heterocycles. The van der Waals surface area contributed by atoms with Crippen molar-refractivity contribution in [1.82, 2.24) is 15.0 Å². The van der Waals surface area contributed by atoms with Crippen LogP contribution >= 0.6 is 0 Å². The first-order valence-electron chi connectivity index (χ1n) is 19.8. The summed E-state index contributed by atoms with van der Waals surface area (Å²) in [7, 11) is 0. The van der Waals surface area contributed by atoms with E-state index in [4.69, 9.17) is 9.97 Å². The molecule has 0 aliphatic heterocycles. The Labute approximate surface area is 388 Å². The maximum Gasteiger partial charge on any atom is 0.124 e. The van der Waals surface area contributed by atoms with Crippen LogP contribution in [0.4, 0.5) is 17.1 Å². The number of benzene rings is 5. The van der Waals surface area contributed by atoms with Gasteiger partial charge in [-0.25, -0.2) is 9.97 Å². The van der Waals surface area contributed by atoms with Gasteiger partial charge >= 0.3 is 0 Å². The number of aromatic nitrogens is 3. The maximum absolute atomic E-state index is 10.5. The van der Waals surface area contributed by atoms with Crippen LogP contribution in [-0.4, -0.2) is 25.2 Å². The van der Waals surface area contributed by atoms with Gasteiger partial charge in [-0.2, -0.15) is 0 Å². The molecule has 61 heavy (non-hydrogen) atoms. The third kappa shape index (κ3) is 11.4. The maximum atomic E-state index is 10.5. The molecule has 3 aromatic heterocycles. The van der Waals surface area contributed by atoms with Gasteiger partial charge in [-0.3, -0.25) is 0 Å². The van der Waals surface area contributed by atoms with Crippen LogP contribution in [0.25, 0.3) is 45.2 Å². The van der Waals surface area contributed by atoms with Crippen LogP contribution < -0.4 is 4.90 Å². The number of hydrogen-bond acceptors (Lipinski definition) is 6. The zero-order valence-corrected chi connectivity index (χ0v) is 39.7. The van der Waals surface area contributed by atoms with E-state index in [1.807, 2.05) is 85.1 Å². The molecule has 0 fully saturated rings. The summed E-state index contributed by atoms with van der Waals surface area (Å²) >= 11 is 0. The number of aromatic hydroxyl groups is 2. The summed E-state index contributed by atoms with van der Waals surface area (Å²) in [6, 6.07) is 58.8. The Bertz CT molecular complexity index is 2520. The molecule has 6 nitrogen and oxygen atoms in total. The minimum Gasteiger partial charge on any atom is -0.507 e. The first-order chi connectivity index (χ1) is 28.3. The molecule has 1 radical (unpaired) electrons. The molecule has 8 aromatic rings. The smallest absolute Gasteiger partial charge is 0.124 e. The van der Waals surface area contributed by atoms with Gasteiger partial charge in [-0.05, 0) is 107 Å². The summed E-state index contributed by atoms with van der Waals surface area (Å²) in [5.74, 6) is 0.386. The summed E-state index contributed by atoms with van der Waals surface area (Å²) in [6.07, 6.45) is 1.85. The van der Waals surface area contributed by atoms with E-state index in [9.17, 15) is 10.2 Å². The quantitative estimate of drug-likeness (QED) is 0.155. The standard InChI is InChI=1S/C30H32N2O2.C23H17N2.Ir.Pt/c1-29(2,3)19-15-23(21-11-7-9-13-27(21)33)31-25(17-19)26-18-20(30(4,5)6)16-24(32-26)22-12-8-10-14-28(22)34;1-4-10-19(11-5-1)23-18-22(16-17-24-23)25(20-12-6-2-7-13-20)21-14-8-3-9-15-21;;/h7-18,33-34H,1-6H3;1-10,12-18H;;/q;-1;;. The third-order valence-electron chi connectivity index (χ3n) is 10.0. The van der Waals surface area contributed by atoms with Crippen LogP contribution in [0.3, 0.4) is 0 Å². The van der Waals surface area contributed by atoms with E-state index >= 15 is 0 Å². The Morgan fingerprint density at radius 2 is 0.885 bits per heavy atom. The van der Waals surface area contributed by atoms with Crippen molar-refractivity contribution in [3.05, 3.63) is 193 Å². The number of phenolic OH excluding ortho intramolecular Hbond substituents is 2. The first kappa shape index (κ1) is 46.4. The molecular formula is C53H49IrN4O2Pt-. The van der Waals surface area contributed by atoms with Crippen molar-refractivity contribution in [2.75, 3.05) is 4.90 Å². The number of nitrogens with zero attached hydrogens (tertiary/aromatic N) is 4. The van der Waals surface area contributed by atoms with Crippen molar-refractivity contribution in [2.24, 2.45) is 0 Å². The molecule has 0 bridgehead atoms. The van der Waals surface area contributed by atoms with Crippen LogP contribution in [0, 0.1) is 6.07 Å². The van der Waals surface area contributed by atoms with Gasteiger partial charge in [0.25, 0.3) is 0 Å². The average Bonchev–Trinajstić information content (AvgIpc) is 3.25. The van der Waals surface area contributed by atoms with Crippen molar-refractivity contribution in [2.45, 2.75) is 52.4 Å². The minimum absolute atomic E-state index is 0. The summed E-state index contributed by atoms with van der Waals surface area (Å²) in [5, 5.41) is 21.0. The number of hydrogen-bond donors (Lipinski definition) is 2. The van der Waals surface area contributed by atoms with Crippen LogP contribution in [0.1, 0.15) is 52.7 Å². The van der Waals surface area contributed by atoms with Crippen LogP contribution in [-0.2, 0) is 52.0 Å². The summed E-state index contributed by atoms with van der Waals surface area (Å²) in [6.45, 7) is 13.0. The van der Waals surface area contributed by atoms with E-state index in [2.05, 4.69) is 124 Å². The molecule has 0 spiro atoms. The SMILES string of the molecule is CC(C)(C)c1cc(-c2cc(C(C)(C)C)cc(-c3ccccc3O)n2)nc(-c2ccccc2O)c1.[Ir].[Pt].[c-]1ccccc1-c1cc(N(c2ccccc2)c2ccccc2)ccn1. The topological polar surface area (TPSA) is 82.4 Å². The molecule has 313 valence electrons. The van der Waals surface area contributed by atoms with E-state index in [0.717, 1.165) is 50.8 Å². The van der Waals surface area contributed by atoms with Crippen molar-refractivity contribution < 1.29 is 51.4 Å². The Balaban J connectivity index is 0.000000233. The van der Waals surface area contributed by atoms with Crippen molar-refractivity contribution in [3.63, 3.8) is 0 Å². The second kappa shape index (κ2) is 20.2. The van der Waals surface area contributed by atoms with E-state index in [-0.39, 0.29) is 63.5 Å². The summed E-state index contributed by atoms with van der Waals surface area (Å²) < 4.78 is 0. The number of phenols is 2. The second-order valence-electron chi connectivity index (χ2n) is 16.5. The predicted octanol–water partition coefficient (Wildman–Crippen LogP) is 13.5. The molecule has 0 atom stereocenters. The fraction of sp³-hybridized carbons (Fsp3) is 0.151. The molecule has 0 amide bonds. The van der Waals surface area contributed by atoms with Gasteiger partial charge in [0.2, 0.25) is 0 Å². The van der Waals surface area contributed by atoms with Gasteiger partial charge < -0.3 is 20.1 Å². The van der Waals surface area contributed by atoms with Crippen LogP contribution in [0.2, 0.25) is 0 Å². The Hall–Kier alpha value is -5.71. The monoisotopic (exact) mass is 1160 g/mol. The largest absolute Gasteiger partial charge is 0.507 e. The molecule has 5 aromatic carbocycles. The Morgan fingerprint density at radius 3 is 1.31 bits per heavy atom. The minimum atomic E-state index is -0.126. The number of rotatable bonds is 7. The van der Waals surface area contributed by atoms with Crippen LogP contribution in [0.5, 0.6) is 11.5 Å². The molecule has 8 heteroatoms. The van der Waals surface area contributed by atoms with E-state index in [1.54, 1.807) is 24.3 Å². The number of anilines is 3. The van der Waals surface area contributed by atoms with E-state index in [1.165, 1.54) is 0 Å². The normalized spacial score (nSPS) is 11.0. The second-order valence-corrected chi connectivity index (χ2v) is 16.5. The molecule has 0 aliphatic carbocycles. The molecular weight excluding hydrogens is 1110 g/mol. The fourth-order valence-electron chi connectivity index (χ4n) is 6.71.